The van der Waals surface area contributed by atoms with E-state index in [4.69, 9.17) is 4.42 Å². The van der Waals surface area contributed by atoms with Crippen LogP contribution in [0.5, 0.6) is 0 Å². The lowest BCUT2D eigenvalue weighted by Gasteiger charge is -2.30. The Balaban J connectivity index is 0.00000208. The van der Waals surface area contributed by atoms with E-state index < -0.39 is 0 Å². The minimum absolute atomic E-state index is 0. The number of nitrogens with one attached hydrogen (secondary N) is 2. The third kappa shape index (κ3) is 4.28. The zero-order valence-electron chi connectivity index (χ0n) is 14.4. The number of hydrogen-bond acceptors (Lipinski definition) is 3. The molecule has 0 radical (unpaired) electrons. The Morgan fingerprint density at radius 2 is 2.08 bits per heavy atom. The van der Waals surface area contributed by atoms with E-state index >= 15 is 0 Å². The summed E-state index contributed by atoms with van der Waals surface area (Å²) < 4.78 is 5.57. The van der Waals surface area contributed by atoms with Gasteiger partial charge in [-0.15, -0.1) is 24.0 Å². The maximum atomic E-state index is 5.57. The van der Waals surface area contributed by atoms with Gasteiger partial charge in [0.2, 0.25) is 5.89 Å². The van der Waals surface area contributed by atoms with E-state index in [1.165, 1.54) is 11.1 Å². The summed E-state index contributed by atoms with van der Waals surface area (Å²) in [7, 11) is 0. The van der Waals surface area contributed by atoms with Crippen LogP contribution in [-0.4, -0.2) is 24.0 Å². The highest BCUT2D eigenvalue weighted by Crippen LogP contribution is 2.33. The van der Waals surface area contributed by atoms with Crippen molar-refractivity contribution in [2.24, 2.45) is 4.99 Å². The van der Waals surface area contributed by atoms with Gasteiger partial charge in [-0.1, -0.05) is 24.3 Å². The van der Waals surface area contributed by atoms with Crippen LogP contribution in [0.2, 0.25) is 0 Å². The van der Waals surface area contributed by atoms with Crippen LogP contribution >= 0.6 is 24.0 Å². The topological polar surface area (TPSA) is 62.5 Å². The van der Waals surface area contributed by atoms with Crippen molar-refractivity contribution >= 4 is 29.9 Å². The lowest BCUT2D eigenvalue weighted by molar-refractivity contribution is 0.472. The van der Waals surface area contributed by atoms with E-state index in [0.29, 0.717) is 18.4 Å². The molecule has 24 heavy (non-hydrogen) atoms. The second-order valence-electron chi connectivity index (χ2n) is 5.93. The molecule has 1 unspecified atom stereocenters. The molecule has 1 aliphatic rings. The molecule has 130 valence electrons. The summed E-state index contributed by atoms with van der Waals surface area (Å²) in [6.45, 7) is 8.11. The predicted octanol–water partition coefficient (Wildman–Crippen LogP) is 3.30. The fraction of sp³-hybridized carbons (Fsp3) is 0.444. The number of rotatable bonds is 5. The lowest BCUT2D eigenvalue weighted by atomic mass is 9.78. The second kappa shape index (κ2) is 8.50. The monoisotopic (exact) mass is 440 g/mol. The number of fused-ring (bicyclic) bond motifs is 1. The molecule has 0 amide bonds. The molecule has 0 saturated carbocycles. The third-order valence-electron chi connectivity index (χ3n) is 4.27. The van der Waals surface area contributed by atoms with Gasteiger partial charge in [0.1, 0.15) is 12.3 Å². The SMILES string of the molecule is CCNC(=NCc1nc(C)c(C)o1)NCC1Cc2ccccc21.I. The molecule has 3 rings (SSSR count). The summed E-state index contributed by atoms with van der Waals surface area (Å²) in [5.41, 5.74) is 3.85. The number of hydrogen-bond donors (Lipinski definition) is 2. The molecule has 1 aromatic heterocycles. The minimum Gasteiger partial charge on any atom is -0.444 e. The highest BCUT2D eigenvalue weighted by atomic mass is 127. The number of aliphatic imine (C=N–C) groups is 1. The molecule has 0 spiro atoms. The molecule has 0 saturated heterocycles. The number of aromatic nitrogens is 1. The van der Waals surface area contributed by atoms with Crippen molar-refractivity contribution in [3.63, 3.8) is 0 Å². The van der Waals surface area contributed by atoms with Gasteiger partial charge in [-0.05, 0) is 38.3 Å². The average Bonchev–Trinajstić information content (AvgIpc) is 2.84. The zero-order valence-corrected chi connectivity index (χ0v) is 16.8. The van der Waals surface area contributed by atoms with Crippen molar-refractivity contribution < 1.29 is 4.42 Å². The van der Waals surface area contributed by atoms with Crippen molar-refractivity contribution in [2.45, 2.75) is 39.7 Å². The first-order chi connectivity index (χ1) is 11.2. The molecule has 1 aliphatic carbocycles. The van der Waals surface area contributed by atoms with Crippen molar-refractivity contribution in [1.82, 2.24) is 15.6 Å². The Morgan fingerprint density at radius 3 is 2.75 bits per heavy atom. The highest BCUT2D eigenvalue weighted by Gasteiger charge is 2.25. The fourth-order valence-corrected chi connectivity index (χ4v) is 2.86. The minimum atomic E-state index is 0. The smallest absolute Gasteiger partial charge is 0.216 e. The molecule has 5 nitrogen and oxygen atoms in total. The molecule has 1 heterocycles. The number of halogens is 1. The van der Waals surface area contributed by atoms with Gasteiger partial charge in [0, 0.05) is 19.0 Å². The van der Waals surface area contributed by atoms with Gasteiger partial charge in [0.25, 0.3) is 0 Å². The van der Waals surface area contributed by atoms with Crippen LogP contribution < -0.4 is 10.6 Å². The predicted molar refractivity (Wildman–Crippen MR) is 107 cm³/mol. The number of aryl methyl sites for hydroxylation is 2. The van der Waals surface area contributed by atoms with Crippen LogP contribution in [0.1, 0.15) is 41.3 Å². The van der Waals surface area contributed by atoms with Crippen molar-refractivity contribution in [3.05, 3.63) is 52.7 Å². The second-order valence-corrected chi connectivity index (χ2v) is 5.93. The number of oxazole rings is 1. The zero-order chi connectivity index (χ0) is 16.2. The van der Waals surface area contributed by atoms with Crippen molar-refractivity contribution in [3.8, 4) is 0 Å². The van der Waals surface area contributed by atoms with E-state index in [2.05, 4.69) is 51.8 Å². The summed E-state index contributed by atoms with van der Waals surface area (Å²) in [6, 6.07) is 8.64. The van der Waals surface area contributed by atoms with Gasteiger partial charge in [-0.25, -0.2) is 9.98 Å². The average molecular weight is 440 g/mol. The lowest BCUT2D eigenvalue weighted by Crippen LogP contribution is -2.41. The van der Waals surface area contributed by atoms with Crippen molar-refractivity contribution in [2.75, 3.05) is 13.1 Å². The molecule has 1 atom stereocenters. The van der Waals surface area contributed by atoms with Gasteiger partial charge in [-0.2, -0.15) is 0 Å². The molecule has 2 N–H and O–H groups in total. The van der Waals surface area contributed by atoms with E-state index in [9.17, 15) is 0 Å². The Labute approximate surface area is 160 Å². The summed E-state index contributed by atoms with van der Waals surface area (Å²) in [4.78, 5) is 8.93. The Kier molecular flexibility index (Phi) is 6.65. The molecule has 2 aromatic rings. The van der Waals surface area contributed by atoms with Gasteiger partial charge in [0.15, 0.2) is 5.96 Å². The standard InChI is InChI=1S/C18H24N4O.HI/c1-4-19-18(21-11-17-22-12(2)13(3)23-17)20-10-15-9-14-7-5-6-8-16(14)15;/h5-8,15H,4,9-11H2,1-3H3,(H2,19,20,21);1H. The van der Waals surface area contributed by atoms with Crippen molar-refractivity contribution in [1.29, 1.82) is 0 Å². The first-order valence-electron chi connectivity index (χ1n) is 8.20. The number of benzene rings is 1. The van der Waals surface area contributed by atoms with Crippen LogP contribution in [0.3, 0.4) is 0 Å². The highest BCUT2D eigenvalue weighted by molar-refractivity contribution is 14.0. The third-order valence-corrected chi connectivity index (χ3v) is 4.27. The molecular weight excluding hydrogens is 415 g/mol. The molecule has 0 bridgehead atoms. The maximum Gasteiger partial charge on any atom is 0.216 e. The van der Waals surface area contributed by atoms with Gasteiger partial charge in [-0.3, -0.25) is 0 Å². The van der Waals surface area contributed by atoms with Crippen LogP contribution in [-0.2, 0) is 13.0 Å². The molecule has 1 aromatic carbocycles. The largest absolute Gasteiger partial charge is 0.444 e. The maximum absolute atomic E-state index is 5.57. The number of nitrogens with zero attached hydrogens (tertiary/aromatic N) is 2. The summed E-state index contributed by atoms with van der Waals surface area (Å²) in [5, 5.41) is 6.70. The molecule has 0 aliphatic heterocycles. The van der Waals surface area contributed by atoms with E-state index in [1.807, 2.05) is 13.8 Å². The molecular formula is C18H25IN4O. The molecule has 6 heteroatoms. The summed E-state index contributed by atoms with van der Waals surface area (Å²) in [6.07, 6.45) is 1.14. The van der Waals surface area contributed by atoms with Gasteiger partial charge < -0.3 is 15.1 Å². The first kappa shape index (κ1) is 18.8. The Morgan fingerprint density at radius 1 is 1.29 bits per heavy atom. The van der Waals surface area contributed by atoms with Crippen LogP contribution in [0.4, 0.5) is 0 Å². The van der Waals surface area contributed by atoms with Gasteiger partial charge in [0.05, 0.1) is 5.69 Å². The first-order valence-corrected chi connectivity index (χ1v) is 8.20. The Hall–Kier alpha value is -1.57. The Bertz CT molecular complexity index is 691. The summed E-state index contributed by atoms with van der Waals surface area (Å²) >= 11 is 0. The van der Waals surface area contributed by atoms with E-state index in [0.717, 1.165) is 36.9 Å². The van der Waals surface area contributed by atoms with Crippen LogP contribution in [0, 0.1) is 13.8 Å². The fourth-order valence-electron chi connectivity index (χ4n) is 2.86. The quantitative estimate of drug-likeness (QED) is 0.426. The normalized spacial score (nSPS) is 16.0. The van der Waals surface area contributed by atoms with Crippen LogP contribution in [0.15, 0.2) is 33.7 Å². The van der Waals surface area contributed by atoms with E-state index in [-0.39, 0.29) is 24.0 Å². The van der Waals surface area contributed by atoms with Crippen LogP contribution in [0.25, 0.3) is 0 Å². The van der Waals surface area contributed by atoms with Gasteiger partial charge >= 0.3 is 0 Å². The molecule has 0 fully saturated rings. The number of guanidine groups is 1. The summed E-state index contributed by atoms with van der Waals surface area (Å²) in [5.74, 6) is 2.90. The van der Waals surface area contributed by atoms with E-state index in [1.54, 1.807) is 0 Å².